The molecule has 0 bridgehead atoms. The molecular formula is C25H25FN4O6. The first-order valence-electron chi connectivity index (χ1n) is 11.3. The molecule has 10 nitrogen and oxygen atoms in total. The SMILES string of the molecule is O=C(NCC1CCn2c(nc(C(=O)NCc3ccc(F)cc3)c(O)c2=O)CO1)OCc1ccccc1. The summed E-state index contributed by atoms with van der Waals surface area (Å²) >= 11 is 0. The molecule has 0 spiro atoms. The van der Waals surface area contributed by atoms with Crippen LogP contribution in [0.15, 0.2) is 59.4 Å². The van der Waals surface area contributed by atoms with Gasteiger partial charge in [0.25, 0.3) is 11.5 Å². The predicted molar refractivity (Wildman–Crippen MR) is 126 cm³/mol. The van der Waals surface area contributed by atoms with E-state index >= 15 is 0 Å². The van der Waals surface area contributed by atoms with E-state index in [1.54, 1.807) is 0 Å². The van der Waals surface area contributed by atoms with Gasteiger partial charge in [0.1, 0.15) is 24.9 Å². The van der Waals surface area contributed by atoms with Crippen LogP contribution in [-0.4, -0.2) is 39.3 Å². The highest BCUT2D eigenvalue weighted by Crippen LogP contribution is 2.16. The molecule has 2 amide bonds. The molecule has 1 unspecified atom stereocenters. The van der Waals surface area contributed by atoms with Crippen LogP contribution in [0.3, 0.4) is 0 Å². The number of carbonyl (C=O) groups excluding carboxylic acids is 2. The summed E-state index contributed by atoms with van der Waals surface area (Å²) in [5.41, 5.74) is 0.317. The fourth-order valence-electron chi connectivity index (χ4n) is 3.64. The first kappa shape index (κ1) is 24.9. The second-order valence-electron chi connectivity index (χ2n) is 8.16. The van der Waals surface area contributed by atoms with E-state index < -0.39 is 40.9 Å². The maximum atomic E-state index is 13.0. The van der Waals surface area contributed by atoms with Crippen molar-refractivity contribution in [2.45, 2.75) is 38.8 Å². The lowest BCUT2D eigenvalue weighted by atomic mass is 10.2. The molecule has 0 saturated heterocycles. The van der Waals surface area contributed by atoms with Gasteiger partial charge in [-0.2, -0.15) is 0 Å². The average molecular weight is 496 g/mol. The average Bonchev–Trinajstić information content (AvgIpc) is 3.11. The Hall–Kier alpha value is -4.25. The summed E-state index contributed by atoms with van der Waals surface area (Å²) in [7, 11) is 0. The molecule has 1 aromatic heterocycles. The highest BCUT2D eigenvalue weighted by molar-refractivity contribution is 5.94. The minimum atomic E-state index is -0.767. The van der Waals surface area contributed by atoms with Gasteiger partial charge in [-0.05, 0) is 29.7 Å². The predicted octanol–water partition coefficient (Wildman–Crippen LogP) is 2.23. The number of fused-ring (bicyclic) bond motifs is 1. The summed E-state index contributed by atoms with van der Waals surface area (Å²) in [6.45, 7) is 0.418. The van der Waals surface area contributed by atoms with Crippen LogP contribution >= 0.6 is 0 Å². The van der Waals surface area contributed by atoms with E-state index in [9.17, 15) is 23.9 Å². The van der Waals surface area contributed by atoms with Crippen LogP contribution in [0.25, 0.3) is 0 Å². The Bertz CT molecular complexity index is 1280. The highest BCUT2D eigenvalue weighted by Gasteiger charge is 2.25. The number of hydrogen-bond donors (Lipinski definition) is 3. The van der Waals surface area contributed by atoms with Crippen LogP contribution in [0.5, 0.6) is 5.75 Å². The topological polar surface area (TPSA) is 132 Å². The lowest BCUT2D eigenvalue weighted by Crippen LogP contribution is -2.34. The third kappa shape index (κ3) is 6.25. The van der Waals surface area contributed by atoms with E-state index in [-0.39, 0.29) is 38.7 Å². The largest absolute Gasteiger partial charge is 0.501 e. The molecule has 1 aliphatic rings. The van der Waals surface area contributed by atoms with Gasteiger partial charge in [0.15, 0.2) is 5.69 Å². The van der Waals surface area contributed by atoms with Gasteiger partial charge >= 0.3 is 6.09 Å². The minimum absolute atomic E-state index is 0.0588. The van der Waals surface area contributed by atoms with E-state index in [0.29, 0.717) is 12.0 Å². The number of benzene rings is 2. The fraction of sp³-hybridized carbons (Fsp3) is 0.280. The second kappa shape index (κ2) is 11.5. The number of ether oxygens (including phenoxy) is 2. The van der Waals surface area contributed by atoms with Crippen LogP contribution in [0.1, 0.15) is 33.9 Å². The number of aromatic hydroxyl groups is 1. The van der Waals surface area contributed by atoms with Crippen LogP contribution in [0.2, 0.25) is 0 Å². The van der Waals surface area contributed by atoms with Crippen molar-refractivity contribution in [2.75, 3.05) is 6.54 Å². The van der Waals surface area contributed by atoms with Gasteiger partial charge in [-0.25, -0.2) is 14.2 Å². The summed E-state index contributed by atoms with van der Waals surface area (Å²) in [5.74, 6) is -1.74. The normalized spacial score (nSPS) is 14.9. The molecule has 0 saturated carbocycles. The molecule has 2 heterocycles. The first-order valence-corrected chi connectivity index (χ1v) is 11.3. The Morgan fingerprint density at radius 3 is 2.61 bits per heavy atom. The number of rotatable bonds is 7. The molecule has 0 aliphatic carbocycles. The Morgan fingerprint density at radius 1 is 1.11 bits per heavy atom. The molecule has 0 radical (unpaired) electrons. The molecule has 1 atom stereocenters. The summed E-state index contributed by atoms with van der Waals surface area (Å²) in [5, 5.41) is 15.5. The van der Waals surface area contributed by atoms with Gasteiger partial charge in [0.05, 0.1) is 6.10 Å². The van der Waals surface area contributed by atoms with Gasteiger partial charge in [-0.15, -0.1) is 0 Å². The molecule has 1 aliphatic heterocycles. The number of nitrogens with one attached hydrogen (secondary N) is 2. The third-order valence-corrected chi connectivity index (χ3v) is 5.62. The quantitative estimate of drug-likeness (QED) is 0.457. The number of alkyl carbamates (subject to hydrolysis) is 1. The van der Waals surface area contributed by atoms with Gasteiger partial charge in [-0.3, -0.25) is 14.2 Å². The standard InChI is InChI=1S/C25H25FN4O6/c26-18-8-6-16(7-9-18)12-27-23(32)21-22(31)24(33)30-11-10-19(35-15-20(30)29-21)13-28-25(34)36-14-17-4-2-1-3-5-17/h1-9,19,31H,10-15H2,(H,27,32)(H,28,34). The number of amides is 2. The highest BCUT2D eigenvalue weighted by atomic mass is 19.1. The van der Waals surface area contributed by atoms with Crippen LogP contribution in [0, 0.1) is 5.82 Å². The van der Waals surface area contributed by atoms with E-state index in [2.05, 4.69) is 15.6 Å². The summed E-state index contributed by atoms with van der Waals surface area (Å²) < 4.78 is 25.3. The molecule has 4 rings (SSSR count). The van der Waals surface area contributed by atoms with Gasteiger partial charge in [0, 0.05) is 19.6 Å². The van der Waals surface area contributed by atoms with Gasteiger partial charge in [-0.1, -0.05) is 42.5 Å². The number of nitrogens with zero attached hydrogens (tertiary/aromatic N) is 2. The molecule has 3 N–H and O–H groups in total. The van der Waals surface area contributed by atoms with Crippen molar-refractivity contribution in [1.29, 1.82) is 0 Å². The molecule has 2 aromatic carbocycles. The second-order valence-corrected chi connectivity index (χ2v) is 8.16. The van der Waals surface area contributed by atoms with Crippen molar-refractivity contribution in [3.63, 3.8) is 0 Å². The van der Waals surface area contributed by atoms with Crippen molar-refractivity contribution in [3.8, 4) is 5.75 Å². The fourth-order valence-corrected chi connectivity index (χ4v) is 3.64. The third-order valence-electron chi connectivity index (χ3n) is 5.62. The van der Waals surface area contributed by atoms with E-state index in [1.165, 1.54) is 28.8 Å². The Balaban J connectivity index is 1.33. The smallest absolute Gasteiger partial charge is 0.407 e. The summed E-state index contributed by atoms with van der Waals surface area (Å²) in [6.07, 6.45) is -0.672. The van der Waals surface area contributed by atoms with E-state index in [1.807, 2.05) is 30.3 Å². The Morgan fingerprint density at radius 2 is 1.86 bits per heavy atom. The lowest BCUT2D eigenvalue weighted by Gasteiger charge is -2.15. The van der Waals surface area contributed by atoms with Crippen molar-refractivity contribution < 1.29 is 28.6 Å². The number of hydrogen-bond acceptors (Lipinski definition) is 7. The zero-order chi connectivity index (χ0) is 25.5. The molecule has 0 fully saturated rings. The number of aromatic nitrogens is 2. The number of carbonyl (C=O) groups is 2. The minimum Gasteiger partial charge on any atom is -0.501 e. The molecule has 11 heteroatoms. The van der Waals surface area contributed by atoms with Crippen LogP contribution in [-0.2, 0) is 35.8 Å². The maximum absolute atomic E-state index is 13.0. The molecule has 36 heavy (non-hydrogen) atoms. The van der Waals surface area contributed by atoms with Crippen molar-refractivity contribution in [2.24, 2.45) is 0 Å². The Labute approximate surface area is 205 Å². The number of halogens is 1. The van der Waals surface area contributed by atoms with Gasteiger partial charge in [0.2, 0.25) is 5.75 Å². The van der Waals surface area contributed by atoms with Crippen LogP contribution < -0.4 is 16.2 Å². The summed E-state index contributed by atoms with van der Waals surface area (Å²) in [6, 6.07) is 14.8. The van der Waals surface area contributed by atoms with Crippen LogP contribution in [0.4, 0.5) is 9.18 Å². The van der Waals surface area contributed by atoms with Gasteiger partial charge < -0.3 is 25.2 Å². The maximum Gasteiger partial charge on any atom is 0.407 e. The van der Waals surface area contributed by atoms with Crippen molar-refractivity contribution in [3.05, 3.63) is 93.4 Å². The van der Waals surface area contributed by atoms with E-state index in [0.717, 1.165) is 5.56 Å². The first-order chi connectivity index (χ1) is 17.4. The van der Waals surface area contributed by atoms with Crippen molar-refractivity contribution >= 4 is 12.0 Å². The molecular weight excluding hydrogens is 471 g/mol. The molecule has 188 valence electrons. The zero-order valence-corrected chi connectivity index (χ0v) is 19.3. The lowest BCUT2D eigenvalue weighted by molar-refractivity contribution is 0.0378. The van der Waals surface area contributed by atoms with Crippen molar-refractivity contribution in [1.82, 2.24) is 20.2 Å². The van der Waals surface area contributed by atoms with E-state index in [4.69, 9.17) is 9.47 Å². The zero-order valence-electron chi connectivity index (χ0n) is 19.3. The monoisotopic (exact) mass is 496 g/mol. The summed E-state index contributed by atoms with van der Waals surface area (Å²) in [4.78, 5) is 41.4. The Kier molecular flexibility index (Phi) is 7.91. The molecule has 3 aromatic rings.